The normalized spacial score (nSPS) is 29.8. The molecule has 0 heterocycles. The van der Waals surface area contributed by atoms with Gasteiger partial charge in [0.25, 0.3) is 0 Å². The van der Waals surface area contributed by atoms with Crippen LogP contribution in [0.3, 0.4) is 0 Å². The maximum absolute atomic E-state index is 6.01. The quantitative estimate of drug-likeness (QED) is 0.699. The summed E-state index contributed by atoms with van der Waals surface area (Å²) in [5, 5.41) is 0. The Balaban J connectivity index is 2.27. The van der Waals surface area contributed by atoms with Crippen LogP contribution in [0.25, 0.3) is 0 Å². The van der Waals surface area contributed by atoms with Gasteiger partial charge in [-0.2, -0.15) is 0 Å². The molecule has 0 radical (unpaired) electrons. The van der Waals surface area contributed by atoms with Gasteiger partial charge in [0.05, 0.1) is 24.9 Å². The second-order valence-corrected chi connectivity index (χ2v) is 5.51. The van der Waals surface area contributed by atoms with Crippen LogP contribution >= 0.6 is 0 Å². The zero-order valence-corrected chi connectivity index (χ0v) is 11.7. The van der Waals surface area contributed by atoms with E-state index in [2.05, 4.69) is 6.92 Å². The molecule has 1 fully saturated rings. The molecule has 17 heavy (non-hydrogen) atoms. The largest absolute Gasteiger partial charge is 0.376 e. The highest BCUT2D eigenvalue weighted by Gasteiger charge is 2.34. The van der Waals surface area contributed by atoms with Crippen molar-refractivity contribution in [3.05, 3.63) is 0 Å². The Bertz CT molecular complexity index is 198. The summed E-state index contributed by atoms with van der Waals surface area (Å²) in [5.74, 6) is 0.880. The first-order valence-corrected chi connectivity index (χ1v) is 7.07. The van der Waals surface area contributed by atoms with Crippen molar-refractivity contribution >= 4 is 0 Å². The fourth-order valence-corrected chi connectivity index (χ4v) is 2.56. The Morgan fingerprint density at radius 2 is 1.88 bits per heavy atom. The van der Waals surface area contributed by atoms with E-state index in [0.717, 1.165) is 18.8 Å². The lowest BCUT2D eigenvalue weighted by molar-refractivity contribution is -0.0935. The van der Waals surface area contributed by atoms with E-state index < -0.39 is 0 Å². The predicted molar refractivity (Wildman–Crippen MR) is 71.1 cm³/mol. The SMILES string of the molecule is CCC1CCC(CN)(OCCOC(C)C)CC1. The molecule has 102 valence electrons. The molecular weight excluding hydrogens is 214 g/mol. The lowest BCUT2D eigenvalue weighted by Gasteiger charge is -2.39. The Labute approximate surface area is 106 Å². The molecule has 0 atom stereocenters. The van der Waals surface area contributed by atoms with Crippen LogP contribution in [0.5, 0.6) is 0 Å². The standard InChI is InChI=1S/C14H29NO2/c1-4-13-5-7-14(11-15,8-6-13)17-10-9-16-12(2)3/h12-13H,4-11,15H2,1-3H3. The van der Waals surface area contributed by atoms with E-state index in [4.69, 9.17) is 15.2 Å². The topological polar surface area (TPSA) is 44.5 Å². The molecule has 0 aliphatic heterocycles. The lowest BCUT2D eigenvalue weighted by atomic mass is 9.77. The Kier molecular flexibility index (Phi) is 6.45. The van der Waals surface area contributed by atoms with E-state index in [0.29, 0.717) is 19.8 Å². The Hall–Kier alpha value is -0.120. The summed E-state index contributed by atoms with van der Waals surface area (Å²) in [6.45, 7) is 8.36. The summed E-state index contributed by atoms with van der Waals surface area (Å²) < 4.78 is 11.5. The summed E-state index contributed by atoms with van der Waals surface area (Å²) in [5.41, 5.74) is 5.84. The van der Waals surface area contributed by atoms with Crippen molar-refractivity contribution in [2.45, 2.75) is 64.6 Å². The molecule has 0 unspecified atom stereocenters. The maximum Gasteiger partial charge on any atom is 0.0805 e. The predicted octanol–water partition coefficient (Wildman–Crippen LogP) is 2.73. The summed E-state index contributed by atoms with van der Waals surface area (Å²) >= 11 is 0. The van der Waals surface area contributed by atoms with E-state index >= 15 is 0 Å². The summed E-state index contributed by atoms with van der Waals surface area (Å²) in [6, 6.07) is 0. The fourth-order valence-electron chi connectivity index (χ4n) is 2.56. The van der Waals surface area contributed by atoms with Gasteiger partial charge in [-0.05, 0) is 45.4 Å². The average molecular weight is 243 g/mol. The molecule has 0 amide bonds. The molecule has 0 spiro atoms. The third kappa shape index (κ3) is 4.94. The summed E-state index contributed by atoms with van der Waals surface area (Å²) in [6.07, 6.45) is 6.32. The smallest absolute Gasteiger partial charge is 0.0805 e. The van der Waals surface area contributed by atoms with Crippen LogP contribution in [0.15, 0.2) is 0 Å². The first kappa shape index (κ1) is 14.9. The summed E-state index contributed by atoms with van der Waals surface area (Å²) in [7, 11) is 0. The Morgan fingerprint density at radius 1 is 1.24 bits per heavy atom. The van der Waals surface area contributed by atoms with Crippen molar-refractivity contribution in [2.24, 2.45) is 11.7 Å². The molecule has 0 aromatic rings. The van der Waals surface area contributed by atoms with Crippen LogP contribution in [0, 0.1) is 5.92 Å². The van der Waals surface area contributed by atoms with Crippen LogP contribution in [0.1, 0.15) is 52.9 Å². The number of rotatable bonds is 7. The molecule has 3 heteroatoms. The highest BCUT2D eigenvalue weighted by molar-refractivity contribution is 4.88. The maximum atomic E-state index is 6.01. The van der Waals surface area contributed by atoms with Crippen molar-refractivity contribution < 1.29 is 9.47 Å². The van der Waals surface area contributed by atoms with Crippen LogP contribution in [-0.4, -0.2) is 31.5 Å². The molecule has 0 aromatic heterocycles. The van der Waals surface area contributed by atoms with Gasteiger partial charge in [-0.3, -0.25) is 0 Å². The molecule has 2 N–H and O–H groups in total. The third-order valence-corrected chi connectivity index (χ3v) is 3.91. The highest BCUT2D eigenvalue weighted by atomic mass is 16.5. The van der Waals surface area contributed by atoms with Gasteiger partial charge in [-0.25, -0.2) is 0 Å². The first-order valence-electron chi connectivity index (χ1n) is 7.07. The van der Waals surface area contributed by atoms with Gasteiger partial charge in [-0.1, -0.05) is 13.3 Å². The van der Waals surface area contributed by atoms with Crippen molar-refractivity contribution in [1.82, 2.24) is 0 Å². The minimum atomic E-state index is -0.0635. The molecule has 1 aliphatic carbocycles. The second kappa shape index (κ2) is 7.34. The molecule has 0 saturated heterocycles. The number of ether oxygens (including phenoxy) is 2. The zero-order chi connectivity index (χ0) is 12.7. The van der Waals surface area contributed by atoms with Crippen LogP contribution < -0.4 is 5.73 Å². The molecular formula is C14H29NO2. The molecule has 1 rings (SSSR count). The van der Waals surface area contributed by atoms with Gasteiger partial charge in [0.2, 0.25) is 0 Å². The number of hydrogen-bond donors (Lipinski definition) is 1. The molecule has 1 aliphatic rings. The molecule has 1 saturated carbocycles. The molecule has 0 bridgehead atoms. The van der Waals surface area contributed by atoms with E-state index in [9.17, 15) is 0 Å². The van der Waals surface area contributed by atoms with Gasteiger partial charge in [-0.15, -0.1) is 0 Å². The highest BCUT2D eigenvalue weighted by Crippen LogP contribution is 2.35. The van der Waals surface area contributed by atoms with E-state index in [-0.39, 0.29) is 11.7 Å². The summed E-state index contributed by atoms with van der Waals surface area (Å²) in [4.78, 5) is 0. The molecule has 3 nitrogen and oxygen atoms in total. The third-order valence-electron chi connectivity index (χ3n) is 3.91. The molecule has 0 aromatic carbocycles. The number of hydrogen-bond acceptors (Lipinski definition) is 3. The number of nitrogens with two attached hydrogens (primary N) is 1. The average Bonchev–Trinajstić information content (AvgIpc) is 2.35. The first-order chi connectivity index (χ1) is 8.12. The van der Waals surface area contributed by atoms with Crippen LogP contribution in [0.4, 0.5) is 0 Å². The van der Waals surface area contributed by atoms with Gasteiger partial charge in [0.1, 0.15) is 0 Å². The van der Waals surface area contributed by atoms with Crippen molar-refractivity contribution in [3.63, 3.8) is 0 Å². The van der Waals surface area contributed by atoms with Gasteiger partial charge >= 0.3 is 0 Å². The minimum absolute atomic E-state index is 0.0635. The van der Waals surface area contributed by atoms with E-state index in [1.807, 2.05) is 13.8 Å². The fraction of sp³-hybridized carbons (Fsp3) is 1.00. The minimum Gasteiger partial charge on any atom is -0.376 e. The van der Waals surface area contributed by atoms with Crippen LogP contribution in [0.2, 0.25) is 0 Å². The van der Waals surface area contributed by atoms with Gasteiger partial charge in [0, 0.05) is 6.54 Å². The van der Waals surface area contributed by atoms with E-state index in [1.54, 1.807) is 0 Å². The van der Waals surface area contributed by atoms with Crippen LogP contribution in [-0.2, 0) is 9.47 Å². The monoisotopic (exact) mass is 243 g/mol. The van der Waals surface area contributed by atoms with Gasteiger partial charge < -0.3 is 15.2 Å². The van der Waals surface area contributed by atoms with Crippen molar-refractivity contribution in [2.75, 3.05) is 19.8 Å². The van der Waals surface area contributed by atoms with Gasteiger partial charge in [0.15, 0.2) is 0 Å². The van der Waals surface area contributed by atoms with E-state index in [1.165, 1.54) is 19.3 Å². The second-order valence-electron chi connectivity index (χ2n) is 5.51. The zero-order valence-electron chi connectivity index (χ0n) is 11.7. The van der Waals surface area contributed by atoms with Crippen molar-refractivity contribution in [3.8, 4) is 0 Å². The van der Waals surface area contributed by atoms with Crippen molar-refractivity contribution in [1.29, 1.82) is 0 Å². The Morgan fingerprint density at radius 3 is 2.35 bits per heavy atom. The lowest BCUT2D eigenvalue weighted by Crippen LogP contribution is -2.44.